The van der Waals surface area contributed by atoms with Crippen molar-refractivity contribution in [3.05, 3.63) is 29.3 Å². The minimum atomic E-state index is -1.82. The molecule has 1 aliphatic heterocycles. The van der Waals surface area contributed by atoms with Gasteiger partial charge in [-0.25, -0.2) is 0 Å². The Morgan fingerprint density at radius 1 is 1.12 bits per heavy atom. The second kappa shape index (κ2) is 9.61. The molecule has 182 valence electrons. The van der Waals surface area contributed by atoms with E-state index in [1.807, 2.05) is 12.1 Å². The Morgan fingerprint density at radius 2 is 1.85 bits per heavy atom. The number of aliphatic carboxylic acids is 1. The van der Waals surface area contributed by atoms with Crippen LogP contribution in [0.2, 0.25) is 0 Å². The maximum atomic E-state index is 11.2. The van der Waals surface area contributed by atoms with Gasteiger partial charge in [0.05, 0.1) is 18.2 Å². The van der Waals surface area contributed by atoms with Gasteiger partial charge in [0.15, 0.2) is 0 Å². The molecule has 1 saturated heterocycles. The Morgan fingerprint density at radius 3 is 2.56 bits per heavy atom. The number of fused-ring (bicyclic) bond motifs is 5. The zero-order valence-corrected chi connectivity index (χ0v) is 21.4. The molecular formula is C24H31NaO9. The molecular weight excluding hydrogens is 455 g/mol. The zero-order chi connectivity index (χ0) is 23.7. The van der Waals surface area contributed by atoms with Crippen molar-refractivity contribution in [2.24, 2.45) is 17.3 Å². The van der Waals surface area contributed by atoms with Crippen molar-refractivity contribution in [3.8, 4) is 5.75 Å². The summed E-state index contributed by atoms with van der Waals surface area (Å²) >= 11 is 0. The molecule has 0 spiro atoms. The van der Waals surface area contributed by atoms with Crippen LogP contribution in [0.25, 0.3) is 0 Å². The van der Waals surface area contributed by atoms with E-state index in [4.69, 9.17) is 9.47 Å². The second-order valence-electron chi connectivity index (χ2n) is 10.4. The number of carboxylic acid groups (broad SMARTS) is 1. The third-order valence-electron chi connectivity index (χ3n) is 8.73. The van der Waals surface area contributed by atoms with Crippen molar-refractivity contribution < 1.29 is 74.5 Å². The Labute approximate surface area is 220 Å². The number of hydrogen-bond donors (Lipinski definition) is 5. The predicted octanol–water partition coefficient (Wildman–Crippen LogP) is -4.19. The van der Waals surface area contributed by atoms with Crippen molar-refractivity contribution in [1.82, 2.24) is 0 Å². The van der Waals surface area contributed by atoms with Crippen LogP contribution < -0.4 is 39.4 Å². The smallest absolute Gasteiger partial charge is 0.547 e. The Bertz CT molecular complexity index is 928. The molecule has 4 aliphatic rings. The molecule has 3 fully saturated rings. The molecule has 0 bridgehead atoms. The minimum absolute atomic E-state index is 0. The molecule has 10 heteroatoms. The number of ether oxygens (including phenoxy) is 2. The van der Waals surface area contributed by atoms with Crippen molar-refractivity contribution in [3.63, 3.8) is 0 Å². The molecule has 1 aromatic rings. The van der Waals surface area contributed by atoms with Crippen LogP contribution in [0.1, 0.15) is 49.7 Å². The van der Waals surface area contributed by atoms with E-state index < -0.39 is 48.9 Å². The summed E-state index contributed by atoms with van der Waals surface area (Å²) in [5, 5.41) is 62.1. The summed E-state index contributed by atoms with van der Waals surface area (Å²) in [6.45, 7) is 2.10. The largest absolute Gasteiger partial charge is 1.00 e. The van der Waals surface area contributed by atoms with Gasteiger partial charge in [-0.05, 0) is 78.5 Å². The van der Waals surface area contributed by atoms with Crippen molar-refractivity contribution in [2.45, 2.75) is 87.9 Å². The summed E-state index contributed by atoms with van der Waals surface area (Å²) in [5.74, 6) is -0.354. The average Bonchev–Trinajstić information content (AvgIpc) is 3.02. The van der Waals surface area contributed by atoms with E-state index in [-0.39, 0.29) is 40.9 Å². The van der Waals surface area contributed by atoms with E-state index in [1.54, 1.807) is 6.07 Å². The Balaban J connectivity index is 0.00000274. The van der Waals surface area contributed by atoms with Crippen molar-refractivity contribution in [2.75, 3.05) is 0 Å². The summed E-state index contributed by atoms with van der Waals surface area (Å²) in [7, 11) is 0. The first-order valence-electron chi connectivity index (χ1n) is 11.7. The van der Waals surface area contributed by atoms with Gasteiger partial charge in [0.1, 0.15) is 30.2 Å². The molecule has 1 aromatic carbocycles. The van der Waals surface area contributed by atoms with Gasteiger partial charge in [-0.15, -0.1) is 0 Å². The molecule has 9 nitrogen and oxygen atoms in total. The van der Waals surface area contributed by atoms with Crippen LogP contribution in [0.15, 0.2) is 18.2 Å². The summed E-state index contributed by atoms with van der Waals surface area (Å²) in [6.07, 6.45) is -5.72. The van der Waals surface area contributed by atoms with Gasteiger partial charge >= 0.3 is 29.6 Å². The third kappa shape index (κ3) is 4.13. The molecule has 5 N–H and O–H groups in total. The summed E-state index contributed by atoms with van der Waals surface area (Å²) in [5.41, 5.74) is 2.06. The monoisotopic (exact) mass is 486 g/mol. The van der Waals surface area contributed by atoms with Gasteiger partial charge in [-0.3, -0.25) is 0 Å². The van der Waals surface area contributed by atoms with Gasteiger partial charge in [-0.1, -0.05) is 13.0 Å². The van der Waals surface area contributed by atoms with Gasteiger partial charge in [0, 0.05) is 0 Å². The molecule has 4 unspecified atom stereocenters. The van der Waals surface area contributed by atoms with E-state index in [0.29, 0.717) is 24.0 Å². The predicted molar refractivity (Wildman–Crippen MR) is 111 cm³/mol. The van der Waals surface area contributed by atoms with Crippen LogP contribution in [-0.4, -0.2) is 74.4 Å². The zero-order valence-electron chi connectivity index (χ0n) is 19.4. The fourth-order valence-electron chi connectivity index (χ4n) is 6.89. The molecule has 11 atom stereocenters. The number of carbonyl (C=O) groups is 1. The molecule has 5 rings (SSSR count). The van der Waals surface area contributed by atoms with Crippen molar-refractivity contribution in [1.29, 1.82) is 0 Å². The Kier molecular flexibility index (Phi) is 7.44. The van der Waals surface area contributed by atoms with E-state index in [2.05, 4.69) is 6.92 Å². The van der Waals surface area contributed by atoms with Crippen LogP contribution >= 0.6 is 0 Å². The first-order chi connectivity index (χ1) is 15.6. The van der Waals surface area contributed by atoms with E-state index in [0.717, 1.165) is 31.2 Å². The van der Waals surface area contributed by atoms with E-state index >= 15 is 0 Å². The van der Waals surface area contributed by atoms with Gasteiger partial charge in [0.25, 0.3) is 0 Å². The molecule has 0 amide bonds. The standard InChI is InChI=1S/C24H32O9.Na/c1-24-7-6-13-12-5-3-11(32-23-19(28)17(26)18(27)20(33-23)22(30)31)8-10(12)2-4-14(13)15(24)9-16(25)21(24)29;/h3,5,8,13-21,23,25-29H,2,4,6-7,9H2,1H3,(H,30,31);/q;+1/p-1/t13?,14?,15?,16-,17+,18+,19-,20+,21+,23?,24+;/m1./s1. The molecule has 2 saturated carbocycles. The fraction of sp³-hybridized carbons (Fsp3) is 0.708. The normalized spacial score (nSPS) is 45.4. The SMILES string of the molecule is C[C@]12CCC3c4ccc(OC5O[C@H](C(=O)[O-])[C@@H](O)[C@H](O)[C@H]5O)cc4CCC3C1C[C@@H](O)[C@@H]2O.[Na+]. The van der Waals surface area contributed by atoms with Crippen LogP contribution in [0.3, 0.4) is 0 Å². The van der Waals surface area contributed by atoms with E-state index in [1.165, 1.54) is 5.56 Å². The molecule has 1 heterocycles. The number of benzene rings is 1. The molecule has 3 aliphatic carbocycles. The number of aryl methyl sites for hydroxylation is 1. The van der Waals surface area contributed by atoms with Crippen LogP contribution in [0.4, 0.5) is 0 Å². The van der Waals surface area contributed by atoms with Crippen LogP contribution in [0, 0.1) is 17.3 Å². The Hall–Kier alpha value is -0.750. The third-order valence-corrected chi connectivity index (χ3v) is 8.73. The molecule has 0 radical (unpaired) electrons. The maximum Gasteiger partial charge on any atom is 1.00 e. The van der Waals surface area contributed by atoms with Crippen molar-refractivity contribution >= 4 is 5.97 Å². The maximum absolute atomic E-state index is 11.2. The first kappa shape index (κ1) is 26.3. The summed E-state index contributed by atoms with van der Waals surface area (Å²) in [6, 6.07) is 5.55. The molecule has 34 heavy (non-hydrogen) atoms. The number of aliphatic hydroxyl groups excluding tert-OH is 5. The molecule has 0 aromatic heterocycles. The van der Waals surface area contributed by atoms with Gasteiger partial charge in [-0.2, -0.15) is 0 Å². The number of carboxylic acids is 1. The number of aliphatic hydroxyl groups is 5. The minimum Gasteiger partial charge on any atom is -0.547 e. The summed E-state index contributed by atoms with van der Waals surface area (Å²) in [4.78, 5) is 11.2. The van der Waals surface area contributed by atoms with E-state index in [9.17, 15) is 35.4 Å². The number of hydrogen-bond acceptors (Lipinski definition) is 9. The number of rotatable bonds is 3. The fourth-order valence-corrected chi connectivity index (χ4v) is 6.89. The van der Waals surface area contributed by atoms with Gasteiger partial charge in [0.2, 0.25) is 6.29 Å². The topological polar surface area (TPSA) is 160 Å². The first-order valence-corrected chi connectivity index (χ1v) is 11.7. The quantitative estimate of drug-likeness (QED) is 0.267. The average molecular weight is 486 g/mol. The number of carbonyl (C=O) groups excluding carboxylic acids is 1. The summed E-state index contributed by atoms with van der Waals surface area (Å²) < 4.78 is 10.8. The second-order valence-corrected chi connectivity index (χ2v) is 10.4. The van der Waals surface area contributed by atoms with Crippen LogP contribution in [0.5, 0.6) is 5.75 Å². The van der Waals surface area contributed by atoms with Gasteiger partial charge < -0.3 is 44.9 Å². The van der Waals surface area contributed by atoms with Crippen LogP contribution in [-0.2, 0) is 16.0 Å².